The van der Waals surface area contributed by atoms with Crippen LogP contribution in [0.5, 0.6) is 0 Å². The van der Waals surface area contributed by atoms with E-state index in [1.165, 1.54) is 4.90 Å². The van der Waals surface area contributed by atoms with Crippen molar-refractivity contribution in [3.63, 3.8) is 0 Å². The molecule has 1 atom stereocenters. The number of aryl methyl sites for hydroxylation is 1. The number of likely N-dealkylation sites (tertiary alicyclic amines) is 1. The molecule has 0 bridgehead atoms. The first-order valence-electron chi connectivity index (χ1n) is 6.30. The summed E-state index contributed by atoms with van der Waals surface area (Å²) in [5, 5.41) is 18.0. The molecule has 0 aromatic heterocycles. The maximum absolute atomic E-state index is 11.0. The van der Waals surface area contributed by atoms with E-state index >= 15 is 0 Å². The lowest BCUT2D eigenvalue weighted by Crippen LogP contribution is -2.38. The van der Waals surface area contributed by atoms with Crippen molar-refractivity contribution >= 4 is 12.1 Å². The van der Waals surface area contributed by atoms with E-state index in [1.54, 1.807) is 19.1 Å². The third-order valence-electron chi connectivity index (χ3n) is 3.64. The fraction of sp³-hybridized carbons (Fsp3) is 0.429. The lowest BCUT2D eigenvalue weighted by molar-refractivity contribution is 0.0696. The van der Waals surface area contributed by atoms with Gasteiger partial charge in [-0.05, 0) is 37.0 Å². The summed E-state index contributed by atoms with van der Waals surface area (Å²) in [7, 11) is 0. The summed E-state index contributed by atoms with van der Waals surface area (Å²) >= 11 is 0. The Bertz CT molecular complexity index is 512. The Morgan fingerprint density at radius 3 is 2.63 bits per heavy atom. The number of nitrogens with zero attached hydrogens (tertiary/aromatic N) is 1. The summed E-state index contributed by atoms with van der Waals surface area (Å²) in [6, 6.07) is 5.26. The van der Waals surface area contributed by atoms with Crippen LogP contribution in [-0.4, -0.2) is 40.3 Å². The Labute approximate surface area is 111 Å². The van der Waals surface area contributed by atoms with Gasteiger partial charge in [0.15, 0.2) is 0 Å². The molecule has 0 spiro atoms. The zero-order valence-corrected chi connectivity index (χ0v) is 10.8. The number of carboxylic acids is 1. The van der Waals surface area contributed by atoms with Crippen molar-refractivity contribution in [2.45, 2.75) is 25.7 Å². The van der Waals surface area contributed by atoms with Gasteiger partial charge >= 0.3 is 12.1 Å². The number of hydrogen-bond donors (Lipinski definition) is 2. The number of hydrogen-bond acceptors (Lipinski definition) is 2. The van der Waals surface area contributed by atoms with Crippen molar-refractivity contribution in [3.05, 3.63) is 34.9 Å². The average Bonchev–Trinajstić information content (AvgIpc) is 2.38. The van der Waals surface area contributed by atoms with Crippen LogP contribution in [0.15, 0.2) is 18.2 Å². The van der Waals surface area contributed by atoms with Gasteiger partial charge in [-0.1, -0.05) is 12.1 Å². The van der Waals surface area contributed by atoms with Crippen LogP contribution in [-0.2, 0) is 0 Å². The summed E-state index contributed by atoms with van der Waals surface area (Å²) in [6.45, 7) is 2.84. The Hall–Kier alpha value is -2.04. The predicted octanol–water partition coefficient (Wildman–Crippen LogP) is 2.55. The molecule has 0 saturated carbocycles. The summed E-state index contributed by atoms with van der Waals surface area (Å²) in [4.78, 5) is 23.4. The molecule has 1 saturated heterocycles. The molecule has 1 fully saturated rings. The summed E-state index contributed by atoms with van der Waals surface area (Å²) in [5.74, 6) is -0.772. The van der Waals surface area contributed by atoms with Gasteiger partial charge in [0.2, 0.25) is 0 Å². The number of aromatic carboxylic acids is 1. The van der Waals surface area contributed by atoms with E-state index in [0.29, 0.717) is 18.7 Å². The molecule has 102 valence electrons. The zero-order valence-electron chi connectivity index (χ0n) is 10.8. The van der Waals surface area contributed by atoms with E-state index in [2.05, 4.69) is 0 Å². The van der Waals surface area contributed by atoms with Gasteiger partial charge in [-0.25, -0.2) is 9.59 Å². The molecule has 0 aliphatic carbocycles. The number of rotatable bonds is 2. The molecular formula is C14H17NO4. The number of carboxylic acid groups (broad SMARTS) is 2. The summed E-state index contributed by atoms with van der Waals surface area (Å²) in [5.41, 5.74) is 2.04. The first kappa shape index (κ1) is 13.4. The van der Waals surface area contributed by atoms with Gasteiger partial charge < -0.3 is 15.1 Å². The van der Waals surface area contributed by atoms with Crippen molar-refractivity contribution in [2.24, 2.45) is 0 Å². The number of piperidine rings is 1. The molecule has 1 heterocycles. The topological polar surface area (TPSA) is 77.8 Å². The number of benzene rings is 1. The molecule has 1 aromatic carbocycles. The Kier molecular flexibility index (Phi) is 3.74. The predicted molar refractivity (Wildman–Crippen MR) is 69.7 cm³/mol. The number of amides is 1. The monoisotopic (exact) mass is 263 g/mol. The van der Waals surface area contributed by atoms with Crippen molar-refractivity contribution in [3.8, 4) is 0 Å². The Balaban J connectivity index is 2.20. The van der Waals surface area contributed by atoms with E-state index in [9.17, 15) is 9.59 Å². The van der Waals surface area contributed by atoms with Gasteiger partial charge in [0.1, 0.15) is 0 Å². The van der Waals surface area contributed by atoms with Crippen molar-refractivity contribution < 1.29 is 19.8 Å². The third-order valence-corrected chi connectivity index (χ3v) is 3.64. The van der Waals surface area contributed by atoms with Gasteiger partial charge in [-0.15, -0.1) is 0 Å². The molecule has 1 unspecified atom stereocenters. The lowest BCUT2D eigenvalue weighted by Gasteiger charge is -2.31. The Morgan fingerprint density at radius 2 is 2.05 bits per heavy atom. The van der Waals surface area contributed by atoms with Gasteiger partial charge in [-0.3, -0.25) is 0 Å². The third kappa shape index (κ3) is 2.86. The van der Waals surface area contributed by atoms with Gasteiger partial charge in [-0.2, -0.15) is 0 Å². The molecule has 5 heteroatoms. The van der Waals surface area contributed by atoms with Crippen LogP contribution in [0, 0.1) is 6.92 Å². The molecule has 1 aromatic rings. The van der Waals surface area contributed by atoms with Gasteiger partial charge in [0.25, 0.3) is 0 Å². The second kappa shape index (κ2) is 5.30. The second-order valence-electron chi connectivity index (χ2n) is 4.95. The fourth-order valence-corrected chi connectivity index (χ4v) is 2.60. The number of carbonyl (C=O) groups is 2. The van der Waals surface area contributed by atoms with Gasteiger partial charge in [0.05, 0.1) is 5.56 Å². The molecule has 1 aliphatic heterocycles. The summed E-state index contributed by atoms with van der Waals surface area (Å²) in [6.07, 6.45) is 0.898. The van der Waals surface area contributed by atoms with E-state index in [0.717, 1.165) is 24.0 Å². The molecule has 1 amide bonds. The minimum absolute atomic E-state index is 0.159. The average molecular weight is 263 g/mol. The molecule has 2 N–H and O–H groups in total. The van der Waals surface area contributed by atoms with Crippen LogP contribution in [0.1, 0.15) is 40.2 Å². The van der Waals surface area contributed by atoms with Crippen LogP contribution in [0.2, 0.25) is 0 Å². The molecule has 5 nitrogen and oxygen atoms in total. The van der Waals surface area contributed by atoms with Gasteiger partial charge in [0, 0.05) is 19.0 Å². The fourth-order valence-electron chi connectivity index (χ4n) is 2.60. The zero-order chi connectivity index (χ0) is 14.0. The molecule has 2 rings (SSSR count). The van der Waals surface area contributed by atoms with E-state index in [-0.39, 0.29) is 5.92 Å². The highest BCUT2D eigenvalue weighted by molar-refractivity contribution is 5.89. The SMILES string of the molecule is Cc1cc(C2CCCN(C(=O)O)C2)ccc1C(=O)O. The Morgan fingerprint density at radius 1 is 1.32 bits per heavy atom. The van der Waals surface area contributed by atoms with Crippen LogP contribution >= 0.6 is 0 Å². The van der Waals surface area contributed by atoms with Crippen LogP contribution in [0.3, 0.4) is 0 Å². The first-order chi connectivity index (χ1) is 8.99. The molecule has 0 radical (unpaired) electrons. The van der Waals surface area contributed by atoms with Crippen LogP contribution < -0.4 is 0 Å². The van der Waals surface area contributed by atoms with E-state index < -0.39 is 12.1 Å². The highest BCUT2D eigenvalue weighted by Gasteiger charge is 2.24. The normalized spacial score (nSPS) is 19.2. The maximum atomic E-state index is 11.0. The molecule has 1 aliphatic rings. The van der Waals surface area contributed by atoms with Crippen molar-refractivity contribution in [1.29, 1.82) is 0 Å². The highest BCUT2D eigenvalue weighted by atomic mass is 16.4. The first-order valence-corrected chi connectivity index (χ1v) is 6.30. The van der Waals surface area contributed by atoms with Crippen molar-refractivity contribution in [1.82, 2.24) is 4.90 Å². The summed E-state index contributed by atoms with van der Waals surface area (Å²) < 4.78 is 0. The second-order valence-corrected chi connectivity index (χ2v) is 4.95. The minimum Gasteiger partial charge on any atom is -0.478 e. The van der Waals surface area contributed by atoms with E-state index in [4.69, 9.17) is 10.2 Å². The minimum atomic E-state index is -0.931. The van der Waals surface area contributed by atoms with Crippen LogP contribution in [0.4, 0.5) is 4.79 Å². The molecule has 19 heavy (non-hydrogen) atoms. The van der Waals surface area contributed by atoms with Crippen molar-refractivity contribution in [2.75, 3.05) is 13.1 Å². The van der Waals surface area contributed by atoms with Crippen LogP contribution in [0.25, 0.3) is 0 Å². The smallest absolute Gasteiger partial charge is 0.407 e. The lowest BCUT2D eigenvalue weighted by atomic mass is 9.89. The van der Waals surface area contributed by atoms with E-state index in [1.807, 2.05) is 6.07 Å². The standard InChI is InChI=1S/C14H17NO4/c1-9-7-10(4-5-12(9)13(16)17)11-3-2-6-15(8-11)14(18)19/h4-5,7,11H,2-3,6,8H2,1H3,(H,16,17)(H,18,19). The largest absolute Gasteiger partial charge is 0.478 e. The maximum Gasteiger partial charge on any atom is 0.407 e. The quantitative estimate of drug-likeness (QED) is 0.859. The highest BCUT2D eigenvalue weighted by Crippen LogP contribution is 2.28. The molecular weight excluding hydrogens is 246 g/mol.